The number of likely N-dealkylation sites (tertiary alicyclic amines) is 1. The zero-order valence-electron chi connectivity index (χ0n) is 15.1. The molecule has 0 aromatic heterocycles. The maximum absolute atomic E-state index is 12.6. The summed E-state index contributed by atoms with van der Waals surface area (Å²) in [4.78, 5) is 15.1. The first-order chi connectivity index (χ1) is 11.6. The number of fused-ring (bicyclic) bond motifs is 3. The lowest BCUT2D eigenvalue weighted by Crippen LogP contribution is -2.39. The van der Waals surface area contributed by atoms with Crippen LogP contribution in [0.4, 0.5) is 0 Å². The van der Waals surface area contributed by atoms with Gasteiger partial charge in [0.05, 0.1) is 11.5 Å². The number of allylic oxidation sites excluding steroid dienone is 2. The van der Waals surface area contributed by atoms with Gasteiger partial charge in [0.2, 0.25) is 0 Å². The summed E-state index contributed by atoms with van der Waals surface area (Å²) < 4.78 is 11.9. The van der Waals surface area contributed by atoms with Crippen molar-refractivity contribution in [2.45, 2.75) is 76.6 Å². The number of carbonyl (C=O) groups excluding carboxylic acids is 1. The molecule has 3 heterocycles. The second-order valence-electron chi connectivity index (χ2n) is 8.51. The average Bonchev–Trinajstić information content (AvgIpc) is 3.14. The van der Waals surface area contributed by atoms with Crippen molar-refractivity contribution in [3.8, 4) is 0 Å². The highest BCUT2D eigenvalue weighted by molar-refractivity contribution is 5.75. The number of hydrogen-bond donors (Lipinski definition) is 0. The fourth-order valence-electron chi connectivity index (χ4n) is 4.97. The summed E-state index contributed by atoms with van der Waals surface area (Å²) in [6, 6.07) is 0. The molecule has 4 nitrogen and oxygen atoms in total. The van der Waals surface area contributed by atoms with Crippen LogP contribution in [0, 0.1) is 11.8 Å². The normalized spacial score (nSPS) is 45.6. The molecule has 0 aromatic carbocycles. The second-order valence-corrected chi connectivity index (χ2v) is 8.51. The van der Waals surface area contributed by atoms with Crippen molar-refractivity contribution in [1.29, 1.82) is 0 Å². The molecule has 4 aliphatic rings. The van der Waals surface area contributed by atoms with E-state index >= 15 is 0 Å². The second kappa shape index (κ2) is 6.45. The Kier molecular flexibility index (Phi) is 4.46. The van der Waals surface area contributed by atoms with Crippen LogP contribution in [0.1, 0.15) is 58.8 Å². The minimum atomic E-state index is -0.0860. The van der Waals surface area contributed by atoms with Gasteiger partial charge in [-0.2, -0.15) is 0 Å². The highest BCUT2D eigenvalue weighted by atomic mass is 16.6. The van der Waals surface area contributed by atoms with Crippen molar-refractivity contribution in [1.82, 2.24) is 4.90 Å². The van der Waals surface area contributed by atoms with E-state index in [4.69, 9.17) is 9.47 Å². The fourth-order valence-corrected chi connectivity index (χ4v) is 4.97. The van der Waals surface area contributed by atoms with E-state index in [1.807, 2.05) is 0 Å². The van der Waals surface area contributed by atoms with Crippen molar-refractivity contribution in [3.05, 3.63) is 11.6 Å². The molecule has 5 atom stereocenters. The van der Waals surface area contributed by atoms with Gasteiger partial charge in [-0.25, -0.2) is 0 Å². The number of piperidine rings is 1. The predicted molar refractivity (Wildman–Crippen MR) is 92.7 cm³/mol. The first kappa shape index (κ1) is 16.6. The quantitative estimate of drug-likeness (QED) is 0.442. The van der Waals surface area contributed by atoms with Gasteiger partial charge in [-0.1, -0.05) is 18.1 Å². The van der Waals surface area contributed by atoms with Gasteiger partial charge in [0.1, 0.15) is 12.2 Å². The van der Waals surface area contributed by atoms with Crippen molar-refractivity contribution >= 4 is 5.97 Å². The summed E-state index contributed by atoms with van der Waals surface area (Å²) in [6.45, 7) is 7.56. The molecule has 3 saturated heterocycles. The molecule has 0 unspecified atom stereocenters. The first-order valence-electron chi connectivity index (χ1n) is 9.83. The summed E-state index contributed by atoms with van der Waals surface area (Å²) in [5, 5.41) is 0. The van der Waals surface area contributed by atoms with Gasteiger partial charge >= 0.3 is 5.97 Å². The fraction of sp³-hybridized carbons (Fsp3) is 0.850. The Hall–Kier alpha value is -0.870. The summed E-state index contributed by atoms with van der Waals surface area (Å²) >= 11 is 0. The molecular weight excluding hydrogens is 302 g/mol. The SMILES string of the molecule is C/C1=C\CC[C@@]2(C)O[C@H]2[C@H]2OC(=O)[C@@H](CN3CCCCC3)[C@@H]2CC1. The predicted octanol–water partition coefficient (Wildman–Crippen LogP) is 3.31. The van der Waals surface area contributed by atoms with Crippen molar-refractivity contribution in [2.24, 2.45) is 11.8 Å². The molecule has 3 fully saturated rings. The monoisotopic (exact) mass is 333 g/mol. The molecule has 1 aliphatic carbocycles. The lowest BCUT2D eigenvalue weighted by molar-refractivity contribution is -0.145. The Morgan fingerprint density at radius 1 is 1.29 bits per heavy atom. The molecule has 0 radical (unpaired) electrons. The van der Waals surface area contributed by atoms with Crippen LogP contribution in [0.3, 0.4) is 0 Å². The molecule has 134 valence electrons. The third kappa shape index (κ3) is 3.15. The van der Waals surface area contributed by atoms with Gasteiger partial charge in [-0.3, -0.25) is 4.79 Å². The smallest absolute Gasteiger partial charge is 0.311 e. The Morgan fingerprint density at radius 2 is 2.08 bits per heavy atom. The summed E-state index contributed by atoms with van der Waals surface area (Å²) in [7, 11) is 0. The van der Waals surface area contributed by atoms with E-state index in [-0.39, 0.29) is 29.7 Å². The van der Waals surface area contributed by atoms with Crippen LogP contribution in [-0.2, 0) is 14.3 Å². The minimum absolute atomic E-state index is 0.0225. The van der Waals surface area contributed by atoms with Gasteiger partial charge in [-0.15, -0.1) is 0 Å². The summed E-state index contributed by atoms with van der Waals surface area (Å²) in [5.41, 5.74) is 1.37. The summed E-state index contributed by atoms with van der Waals surface area (Å²) in [5.74, 6) is 0.371. The topological polar surface area (TPSA) is 42.1 Å². The van der Waals surface area contributed by atoms with E-state index in [1.54, 1.807) is 0 Å². The average molecular weight is 333 g/mol. The molecule has 24 heavy (non-hydrogen) atoms. The number of esters is 1. The third-order valence-corrected chi connectivity index (χ3v) is 6.64. The standard InChI is InChI=1S/C20H31NO3/c1-14-7-6-10-20(2)18(24-20)17-15(9-8-14)16(19(22)23-17)13-21-11-4-3-5-12-21/h7,15-18H,3-6,8-13H2,1-2H3/b14-7+/t15-,16-,17-,18-,20+/m0/s1. The molecule has 0 bridgehead atoms. The molecule has 4 rings (SSSR count). The molecule has 4 heteroatoms. The Morgan fingerprint density at radius 3 is 2.88 bits per heavy atom. The van der Waals surface area contributed by atoms with E-state index in [1.165, 1.54) is 24.8 Å². The van der Waals surface area contributed by atoms with Gasteiger partial charge < -0.3 is 14.4 Å². The Balaban J connectivity index is 1.52. The number of nitrogens with zero attached hydrogens (tertiary/aromatic N) is 1. The van der Waals surface area contributed by atoms with Crippen molar-refractivity contribution in [3.63, 3.8) is 0 Å². The van der Waals surface area contributed by atoms with E-state index in [0.717, 1.165) is 45.3 Å². The van der Waals surface area contributed by atoms with Crippen LogP contribution in [0.25, 0.3) is 0 Å². The zero-order valence-corrected chi connectivity index (χ0v) is 15.1. The van der Waals surface area contributed by atoms with E-state index in [0.29, 0.717) is 5.92 Å². The van der Waals surface area contributed by atoms with Gasteiger partial charge in [0.15, 0.2) is 0 Å². The van der Waals surface area contributed by atoms with Crippen LogP contribution in [-0.4, -0.2) is 48.3 Å². The largest absolute Gasteiger partial charge is 0.459 e. The van der Waals surface area contributed by atoms with Gasteiger partial charge in [0, 0.05) is 12.5 Å². The van der Waals surface area contributed by atoms with Crippen LogP contribution in [0.15, 0.2) is 11.6 Å². The number of carbonyl (C=O) groups is 1. The Labute approximate surface area is 145 Å². The van der Waals surface area contributed by atoms with E-state index in [9.17, 15) is 4.79 Å². The zero-order chi connectivity index (χ0) is 16.7. The lowest BCUT2D eigenvalue weighted by atomic mass is 9.80. The first-order valence-corrected chi connectivity index (χ1v) is 9.83. The maximum Gasteiger partial charge on any atom is 0.311 e. The number of ether oxygens (including phenoxy) is 2. The van der Waals surface area contributed by atoms with E-state index in [2.05, 4.69) is 24.8 Å². The third-order valence-electron chi connectivity index (χ3n) is 6.64. The van der Waals surface area contributed by atoms with Crippen LogP contribution >= 0.6 is 0 Å². The number of hydrogen-bond acceptors (Lipinski definition) is 4. The molecule has 3 aliphatic heterocycles. The van der Waals surface area contributed by atoms with Crippen LogP contribution in [0.2, 0.25) is 0 Å². The van der Waals surface area contributed by atoms with Crippen LogP contribution < -0.4 is 0 Å². The molecule has 0 amide bonds. The minimum Gasteiger partial charge on any atom is -0.459 e. The molecule has 0 aromatic rings. The molecule has 0 spiro atoms. The maximum atomic E-state index is 12.6. The van der Waals surface area contributed by atoms with Crippen molar-refractivity contribution < 1.29 is 14.3 Å². The number of epoxide rings is 1. The number of rotatable bonds is 2. The molecular formula is C20H31NO3. The highest BCUT2D eigenvalue weighted by Gasteiger charge is 2.62. The molecule has 0 saturated carbocycles. The van der Waals surface area contributed by atoms with Gasteiger partial charge in [-0.05, 0) is 65.5 Å². The van der Waals surface area contributed by atoms with Crippen LogP contribution in [0.5, 0.6) is 0 Å². The van der Waals surface area contributed by atoms with Gasteiger partial charge in [0.25, 0.3) is 0 Å². The lowest BCUT2D eigenvalue weighted by Gasteiger charge is -2.30. The highest BCUT2D eigenvalue weighted by Crippen LogP contribution is 2.50. The Bertz CT molecular complexity index is 525. The van der Waals surface area contributed by atoms with Crippen molar-refractivity contribution in [2.75, 3.05) is 19.6 Å². The van der Waals surface area contributed by atoms with E-state index < -0.39 is 0 Å². The molecule has 0 N–H and O–H groups in total. The summed E-state index contributed by atoms with van der Waals surface area (Å²) in [6.07, 6.45) is 10.5.